The topological polar surface area (TPSA) is 87.8 Å². The normalized spacial score (nSPS) is 15.2. The minimum Gasteiger partial charge on any atom is -0.333 e. The van der Waals surface area contributed by atoms with E-state index in [4.69, 9.17) is 19.3 Å². The van der Waals surface area contributed by atoms with Gasteiger partial charge in [0.05, 0.1) is 10.3 Å². The lowest BCUT2D eigenvalue weighted by atomic mass is 10.2. The fraction of sp³-hybridized carbons (Fsp3) is 0.636. The average molecular weight is 341 g/mol. The van der Waals surface area contributed by atoms with Crippen molar-refractivity contribution < 1.29 is 22.6 Å². The number of primary sulfonamides is 1. The lowest BCUT2D eigenvalue weighted by Gasteiger charge is -2.20. The van der Waals surface area contributed by atoms with Crippen LogP contribution in [0.1, 0.15) is 25.5 Å². The van der Waals surface area contributed by atoms with Gasteiger partial charge in [0.1, 0.15) is 4.21 Å². The van der Waals surface area contributed by atoms with Gasteiger partial charge in [-0.05, 0) is 26.2 Å². The minimum atomic E-state index is -3.71. The van der Waals surface area contributed by atoms with Gasteiger partial charge in [-0.2, -0.15) is 0 Å². The summed E-state index contributed by atoms with van der Waals surface area (Å²) in [6, 6.07) is 1.54. The van der Waals surface area contributed by atoms with Crippen LogP contribution in [0.15, 0.2) is 14.5 Å². The molecule has 0 aliphatic heterocycles. The highest BCUT2D eigenvalue weighted by Gasteiger charge is 2.22. The zero-order valence-corrected chi connectivity index (χ0v) is 14.2. The molecule has 0 aliphatic carbocycles. The Morgan fingerprint density at radius 1 is 1.50 bits per heavy atom. The van der Waals surface area contributed by atoms with E-state index < -0.39 is 16.5 Å². The first-order chi connectivity index (χ1) is 9.33. The van der Waals surface area contributed by atoms with Crippen LogP contribution in [0, 0.1) is 0 Å². The van der Waals surface area contributed by atoms with Gasteiger partial charge in [-0.25, -0.2) is 13.6 Å². The maximum Gasteiger partial charge on any atom is 0.271 e. The molecule has 0 amide bonds. The largest absolute Gasteiger partial charge is 0.333 e. The number of ether oxygens (including phenoxy) is 3. The van der Waals surface area contributed by atoms with E-state index in [9.17, 15) is 8.42 Å². The van der Waals surface area contributed by atoms with E-state index in [1.807, 2.05) is 13.2 Å². The van der Waals surface area contributed by atoms with Crippen molar-refractivity contribution in [2.45, 2.75) is 34.8 Å². The van der Waals surface area contributed by atoms with Gasteiger partial charge in [0.25, 0.3) is 6.48 Å². The van der Waals surface area contributed by atoms with Gasteiger partial charge >= 0.3 is 0 Å². The summed E-state index contributed by atoms with van der Waals surface area (Å²) in [6.07, 6.45) is 1.49. The first-order valence-corrected chi connectivity index (χ1v) is 9.42. The molecule has 2 unspecified atom stereocenters. The summed E-state index contributed by atoms with van der Waals surface area (Å²) in [5, 5.41) is 5.15. The lowest BCUT2D eigenvalue weighted by Crippen LogP contribution is -2.21. The van der Waals surface area contributed by atoms with Crippen molar-refractivity contribution in [3.05, 3.63) is 11.6 Å². The van der Waals surface area contributed by atoms with Crippen molar-refractivity contribution in [3.63, 3.8) is 0 Å². The molecule has 20 heavy (non-hydrogen) atoms. The Labute approximate surface area is 127 Å². The van der Waals surface area contributed by atoms with Crippen LogP contribution in [-0.4, -0.2) is 34.9 Å². The maximum absolute atomic E-state index is 11.4. The van der Waals surface area contributed by atoms with Crippen LogP contribution in [0.5, 0.6) is 0 Å². The molecule has 0 saturated heterocycles. The molecule has 0 bridgehead atoms. The smallest absolute Gasteiger partial charge is 0.271 e. The average Bonchev–Trinajstić information content (AvgIpc) is 2.82. The van der Waals surface area contributed by atoms with Crippen LogP contribution in [0.4, 0.5) is 0 Å². The second-order valence-corrected chi connectivity index (χ2v) is 7.73. The molecule has 2 atom stereocenters. The van der Waals surface area contributed by atoms with E-state index in [1.54, 1.807) is 6.92 Å². The summed E-state index contributed by atoms with van der Waals surface area (Å²) in [4.78, 5) is 0. The fourth-order valence-electron chi connectivity index (χ4n) is 1.49. The lowest BCUT2D eigenvalue weighted by molar-refractivity contribution is -0.292. The third-order valence-electron chi connectivity index (χ3n) is 2.42. The Morgan fingerprint density at radius 2 is 2.15 bits per heavy atom. The summed E-state index contributed by atoms with van der Waals surface area (Å²) in [7, 11) is -2.23. The second-order valence-electron chi connectivity index (χ2n) is 3.82. The predicted octanol–water partition coefficient (Wildman–Crippen LogP) is 2.16. The molecule has 1 rings (SSSR count). The summed E-state index contributed by atoms with van der Waals surface area (Å²) < 4.78 is 39.7. The Hall–Kier alpha value is -0.160. The van der Waals surface area contributed by atoms with Crippen molar-refractivity contribution in [2.75, 3.05) is 20.0 Å². The number of sulfonamides is 1. The molecule has 2 N–H and O–H groups in total. The Morgan fingerprint density at radius 3 is 2.60 bits per heavy atom. The molecule has 0 aliphatic rings. The molecule has 0 fully saturated rings. The number of nitrogens with two attached hydrogens (primary N) is 1. The fourth-order valence-corrected chi connectivity index (χ4v) is 4.43. The van der Waals surface area contributed by atoms with Crippen molar-refractivity contribution in [3.8, 4) is 0 Å². The summed E-state index contributed by atoms with van der Waals surface area (Å²) in [6.45, 7) is 3.30. The summed E-state index contributed by atoms with van der Waals surface area (Å²) >= 11 is 2.58. The van der Waals surface area contributed by atoms with E-state index in [0.717, 1.165) is 21.1 Å². The minimum absolute atomic E-state index is 0.123. The number of methoxy groups -OCH3 is 1. The maximum atomic E-state index is 11.4. The van der Waals surface area contributed by atoms with Gasteiger partial charge in [-0.15, -0.1) is 23.1 Å². The predicted molar refractivity (Wildman–Crippen MR) is 79.4 cm³/mol. The van der Waals surface area contributed by atoms with Crippen molar-refractivity contribution >= 4 is 33.1 Å². The monoisotopic (exact) mass is 341 g/mol. The van der Waals surface area contributed by atoms with Crippen LogP contribution in [0.25, 0.3) is 0 Å². The van der Waals surface area contributed by atoms with E-state index >= 15 is 0 Å². The Bertz CT molecular complexity index is 528. The van der Waals surface area contributed by atoms with Crippen molar-refractivity contribution in [2.24, 2.45) is 5.14 Å². The molecule has 0 aromatic carbocycles. The summed E-state index contributed by atoms with van der Waals surface area (Å²) in [5.41, 5.74) is 0.758. The van der Waals surface area contributed by atoms with Gasteiger partial charge in [0, 0.05) is 19.3 Å². The van der Waals surface area contributed by atoms with Crippen LogP contribution >= 0.6 is 23.1 Å². The summed E-state index contributed by atoms with van der Waals surface area (Å²) in [5.74, 6) is 0. The second kappa shape index (κ2) is 7.74. The van der Waals surface area contributed by atoms with E-state index in [1.165, 1.54) is 24.9 Å². The highest BCUT2D eigenvalue weighted by molar-refractivity contribution is 8.01. The molecule has 9 heteroatoms. The third-order valence-corrected chi connectivity index (χ3v) is 6.14. The molecule has 0 saturated carbocycles. The van der Waals surface area contributed by atoms with Gasteiger partial charge < -0.3 is 14.2 Å². The molecular weight excluding hydrogens is 322 g/mol. The third kappa shape index (κ3) is 4.69. The van der Waals surface area contributed by atoms with Crippen LogP contribution in [0.3, 0.4) is 0 Å². The molecule has 6 nitrogen and oxygen atoms in total. The highest BCUT2D eigenvalue weighted by Crippen LogP contribution is 2.37. The quantitative estimate of drug-likeness (QED) is 0.576. The van der Waals surface area contributed by atoms with Crippen molar-refractivity contribution in [1.82, 2.24) is 0 Å². The van der Waals surface area contributed by atoms with E-state index in [2.05, 4.69) is 0 Å². The number of thiophene rings is 1. The first kappa shape index (κ1) is 17.9. The zero-order valence-electron chi connectivity index (χ0n) is 11.8. The first-order valence-electron chi connectivity index (χ1n) is 5.83. The SMILES string of the molecule is CCOC(OC)OC(C)c1cc(S(N)(=O)=O)sc1SC. The number of rotatable bonds is 8. The van der Waals surface area contributed by atoms with Crippen LogP contribution in [-0.2, 0) is 24.2 Å². The van der Waals surface area contributed by atoms with Crippen LogP contribution < -0.4 is 5.14 Å². The van der Waals surface area contributed by atoms with Gasteiger partial charge in [-0.1, -0.05) is 0 Å². The highest BCUT2D eigenvalue weighted by atomic mass is 32.3. The molecule has 116 valence electrons. The van der Waals surface area contributed by atoms with Crippen molar-refractivity contribution in [1.29, 1.82) is 0 Å². The standard InChI is InChI=1S/C11H19NO5S3/c1-5-16-11(15-3)17-7(2)8-6-9(20(12,13)14)19-10(8)18-4/h6-7,11H,5H2,1-4H3,(H2,12,13,14). The zero-order chi connectivity index (χ0) is 15.3. The van der Waals surface area contributed by atoms with Gasteiger partial charge in [0.2, 0.25) is 10.0 Å². The Balaban J connectivity index is 2.97. The molecule has 0 radical (unpaired) electrons. The molecular formula is C11H19NO5S3. The van der Waals surface area contributed by atoms with Gasteiger partial charge in [0.15, 0.2) is 0 Å². The molecule has 1 heterocycles. The van der Waals surface area contributed by atoms with E-state index in [-0.39, 0.29) is 10.3 Å². The number of thioether (sulfide) groups is 1. The van der Waals surface area contributed by atoms with Gasteiger partial charge in [-0.3, -0.25) is 0 Å². The van der Waals surface area contributed by atoms with E-state index in [0.29, 0.717) is 6.61 Å². The number of hydrogen-bond donors (Lipinski definition) is 1. The number of hydrogen-bond acceptors (Lipinski definition) is 7. The molecule has 1 aromatic heterocycles. The molecule has 0 spiro atoms. The molecule has 1 aromatic rings. The Kier molecular flexibility index (Phi) is 6.92. The van der Waals surface area contributed by atoms with Crippen LogP contribution in [0.2, 0.25) is 0 Å².